The number of para-hydroxylation sites is 1. The molecular formula is C12H17N3O3. The molecule has 3 N–H and O–H groups in total. The fourth-order valence-corrected chi connectivity index (χ4v) is 1.18. The van der Waals surface area contributed by atoms with E-state index < -0.39 is 0 Å². The number of hydrogen-bond donors (Lipinski definition) is 3. The second kappa shape index (κ2) is 7.94. The molecule has 0 atom stereocenters. The van der Waals surface area contributed by atoms with Crippen LogP contribution in [-0.4, -0.2) is 31.8 Å². The van der Waals surface area contributed by atoms with Crippen LogP contribution in [0.1, 0.15) is 6.92 Å². The molecule has 6 heteroatoms. The van der Waals surface area contributed by atoms with Crippen molar-refractivity contribution < 1.29 is 14.3 Å². The summed E-state index contributed by atoms with van der Waals surface area (Å²) >= 11 is 0. The van der Waals surface area contributed by atoms with E-state index in [1.807, 2.05) is 18.2 Å². The highest BCUT2D eigenvalue weighted by Crippen LogP contribution is 2.06. The van der Waals surface area contributed by atoms with Crippen LogP contribution >= 0.6 is 0 Å². The van der Waals surface area contributed by atoms with Gasteiger partial charge in [-0.05, 0) is 12.1 Å². The molecular weight excluding hydrogens is 234 g/mol. The Balaban J connectivity index is 2.05. The number of nitrogens with one attached hydrogen (secondary N) is 3. The highest BCUT2D eigenvalue weighted by atomic mass is 16.5. The third-order valence-electron chi connectivity index (χ3n) is 2.00. The molecule has 0 aromatic heterocycles. The number of carbonyl (C=O) groups is 2. The van der Waals surface area contributed by atoms with Gasteiger partial charge in [-0.3, -0.25) is 4.79 Å². The number of ether oxygens (including phenoxy) is 1. The Morgan fingerprint density at radius 3 is 2.39 bits per heavy atom. The summed E-state index contributed by atoms with van der Waals surface area (Å²) in [4.78, 5) is 21.8. The third-order valence-corrected chi connectivity index (χ3v) is 2.00. The van der Waals surface area contributed by atoms with Crippen LogP contribution < -0.4 is 20.7 Å². The molecule has 1 aromatic rings. The summed E-state index contributed by atoms with van der Waals surface area (Å²) in [5, 5.41) is 7.68. The average molecular weight is 251 g/mol. The normalized spacial score (nSPS) is 9.39. The van der Waals surface area contributed by atoms with Gasteiger partial charge in [-0.15, -0.1) is 0 Å². The van der Waals surface area contributed by atoms with Gasteiger partial charge in [0.25, 0.3) is 0 Å². The van der Waals surface area contributed by atoms with Crippen LogP contribution in [0, 0.1) is 0 Å². The molecule has 0 fully saturated rings. The van der Waals surface area contributed by atoms with Gasteiger partial charge in [0.05, 0.1) is 0 Å². The standard InChI is InChI=1S/C12H17N3O3/c1-10(16)13-7-8-14-12(17)15-9-18-11-5-3-2-4-6-11/h2-6H,7-9H2,1H3,(H,13,16)(H2,14,15,17). The Morgan fingerprint density at radius 1 is 1.06 bits per heavy atom. The highest BCUT2D eigenvalue weighted by molar-refractivity contribution is 5.74. The van der Waals surface area contributed by atoms with Crippen molar-refractivity contribution in [3.8, 4) is 5.75 Å². The van der Waals surface area contributed by atoms with Crippen molar-refractivity contribution in [1.82, 2.24) is 16.0 Å². The van der Waals surface area contributed by atoms with Crippen molar-refractivity contribution in [3.05, 3.63) is 30.3 Å². The van der Waals surface area contributed by atoms with Crippen LogP contribution in [0.5, 0.6) is 5.75 Å². The summed E-state index contributed by atoms with van der Waals surface area (Å²) in [6.45, 7) is 2.29. The van der Waals surface area contributed by atoms with Crippen LogP contribution in [-0.2, 0) is 4.79 Å². The van der Waals surface area contributed by atoms with E-state index in [1.165, 1.54) is 6.92 Å². The largest absolute Gasteiger partial charge is 0.473 e. The first-order valence-electron chi connectivity index (χ1n) is 5.62. The van der Waals surface area contributed by atoms with Crippen LogP contribution in [0.4, 0.5) is 4.79 Å². The Hall–Kier alpha value is -2.24. The van der Waals surface area contributed by atoms with Crippen molar-refractivity contribution in [1.29, 1.82) is 0 Å². The smallest absolute Gasteiger partial charge is 0.317 e. The number of benzene rings is 1. The van der Waals surface area contributed by atoms with Crippen molar-refractivity contribution in [2.75, 3.05) is 19.8 Å². The summed E-state index contributed by atoms with van der Waals surface area (Å²) in [7, 11) is 0. The zero-order valence-electron chi connectivity index (χ0n) is 10.2. The van der Waals surface area contributed by atoms with Crippen molar-refractivity contribution in [3.63, 3.8) is 0 Å². The summed E-state index contributed by atoms with van der Waals surface area (Å²) in [6, 6.07) is 8.85. The summed E-state index contributed by atoms with van der Waals surface area (Å²) in [5.41, 5.74) is 0. The molecule has 98 valence electrons. The predicted molar refractivity (Wildman–Crippen MR) is 67.2 cm³/mol. The molecule has 0 bridgehead atoms. The van der Waals surface area contributed by atoms with E-state index in [0.717, 1.165) is 0 Å². The van der Waals surface area contributed by atoms with E-state index in [0.29, 0.717) is 18.8 Å². The SMILES string of the molecule is CC(=O)NCCNC(=O)NCOc1ccccc1. The minimum atomic E-state index is -0.337. The maximum Gasteiger partial charge on any atom is 0.317 e. The van der Waals surface area contributed by atoms with Gasteiger partial charge >= 0.3 is 6.03 Å². The molecule has 1 rings (SSSR count). The summed E-state index contributed by atoms with van der Waals surface area (Å²) in [6.07, 6.45) is 0. The second-order valence-corrected chi connectivity index (χ2v) is 3.52. The molecule has 3 amide bonds. The van der Waals surface area contributed by atoms with Crippen molar-refractivity contribution in [2.45, 2.75) is 6.92 Å². The number of carbonyl (C=O) groups excluding carboxylic acids is 2. The van der Waals surface area contributed by atoms with E-state index >= 15 is 0 Å². The molecule has 0 radical (unpaired) electrons. The van der Waals surface area contributed by atoms with Gasteiger partial charge in [0.2, 0.25) is 5.91 Å². The van der Waals surface area contributed by atoms with E-state index in [1.54, 1.807) is 12.1 Å². The minimum Gasteiger partial charge on any atom is -0.473 e. The van der Waals surface area contributed by atoms with Crippen LogP contribution in [0.3, 0.4) is 0 Å². The molecule has 0 saturated carbocycles. The predicted octanol–water partition coefficient (Wildman–Crippen LogP) is 0.458. The molecule has 6 nitrogen and oxygen atoms in total. The molecule has 1 aromatic carbocycles. The molecule has 0 unspecified atom stereocenters. The maximum atomic E-state index is 11.3. The molecule has 0 saturated heterocycles. The Kier molecular flexibility index (Phi) is 6.10. The third kappa shape index (κ3) is 6.37. The fraction of sp³-hybridized carbons (Fsp3) is 0.333. The summed E-state index contributed by atoms with van der Waals surface area (Å²) in [5.74, 6) is 0.570. The molecule has 0 heterocycles. The lowest BCUT2D eigenvalue weighted by Crippen LogP contribution is -2.41. The topological polar surface area (TPSA) is 79.5 Å². The molecule has 0 aliphatic heterocycles. The highest BCUT2D eigenvalue weighted by Gasteiger charge is 1.99. The Labute approximate surface area is 106 Å². The number of urea groups is 1. The quantitative estimate of drug-likeness (QED) is 0.507. The number of hydrogen-bond acceptors (Lipinski definition) is 3. The van der Waals surface area contributed by atoms with Gasteiger partial charge in [0.15, 0.2) is 6.73 Å². The average Bonchev–Trinajstić information content (AvgIpc) is 2.36. The zero-order chi connectivity index (χ0) is 13.2. The molecule has 18 heavy (non-hydrogen) atoms. The van der Waals surface area contributed by atoms with Gasteiger partial charge in [0.1, 0.15) is 5.75 Å². The van der Waals surface area contributed by atoms with Crippen LogP contribution in [0.2, 0.25) is 0 Å². The van der Waals surface area contributed by atoms with Crippen LogP contribution in [0.25, 0.3) is 0 Å². The zero-order valence-corrected chi connectivity index (χ0v) is 10.2. The molecule has 0 aliphatic carbocycles. The molecule has 0 spiro atoms. The first kappa shape index (κ1) is 13.8. The first-order chi connectivity index (χ1) is 8.68. The lowest BCUT2D eigenvalue weighted by Gasteiger charge is -2.09. The van der Waals surface area contributed by atoms with E-state index in [2.05, 4.69) is 16.0 Å². The molecule has 0 aliphatic rings. The van der Waals surface area contributed by atoms with E-state index in [9.17, 15) is 9.59 Å². The summed E-state index contributed by atoms with van der Waals surface area (Å²) < 4.78 is 5.28. The van der Waals surface area contributed by atoms with Crippen LogP contribution in [0.15, 0.2) is 30.3 Å². The van der Waals surface area contributed by atoms with Crippen molar-refractivity contribution >= 4 is 11.9 Å². The maximum absolute atomic E-state index is 11.3. The first-order valence-corrected chi connectivity index (χ1v) is 5.62. The van der Waals surface area contributed by atoms with Crippen molar-refractivity contribution in [2.24, 2.45) is 0 Å². The monoisotopic (exact) mass is 251 g/mol. The fourth-order valence-electron chi connectivity index (χ4n) is 1.18. The van der Waals surface area contributed by atoms with Gasteiger partial charge in [-0.25, -0.2) is 4.79 Å². The van der Waals surface area contributed by atoms with Gasteiger partial charge < -0.3 is 20.7 Å². The number of amides is 3. The van der Waals surface area contributed by atoms with Gasteiger partial charge in [-0.1, -0.05) is 18.2 Å². The van der Waals surface area contributed by atoms with Gasteiger partial charge in [0, 0.05) is 20.0 Å². The Bertz CT molecular complexity index is 381. The number of rotatable bonds is 6. The Morgan fingerprint density at radius 2 is 1.72 bits per heavy atom. The van der Waals surface area contributed by atoms with E-state index in [-0.39, 0.29) is 18.7 Å². The minimum absolute atomic E-state index is 0.0932. The lowest BCUT2D eigenvalue weighted by molar-refractivity contribution is -0.118. The lowest BCUT2D eigenvalue weighted by atomic mass is 10.3. The van der Waals surface area contributed by atoms with Gasteiger partial charge in [-0.2, -0.15) is 0 Å². The second-order valence-electron chi connectivity index (χ2n) is 3.52. The van der Waals surface area contributed by atoms with E-state index in [4.69, 9.17) is 4.74 Å².